The predicted octanol–water partition coefficient (Wildman–Crippen LogP) is 0.944. The second kappa shape index (κ2) is 2.95. The van der Waals surface area contributed by atoms with Crippen molar-refractivity contribution in [3.05, 3.63) is 15.6 Å². The van der Waals surface area contributed by atoms with E-state index in [1.165, 1.54) is 16.2 Å². The minimum absolute atomic E-state index is 0.621. The van der Waals surface area contributed by atoms with Crippen molar-refractivity contribution < 1.29 is 4.79 Å². The van der Waals surface area contributed by atoms with Gasteiger partial charge in [0.05, 0.1) is 5.69 Å². The SMILES string of the molecule is CN1CCc2sc(C=O)nc2C1. The predicted molar refractivity (Wildman–Crippen MR) is 47.5 cm³/mol. The Morgan fingerprint density at radius 3 is 3.25 bits per heavy atom. The summed E-state index contributed by atoms with van der Waals surface area (Å²) in [5, 5.41) is 0.621. The summed E-state index contributed by atoms with van der Waals surface area (Å²) in [5.74, 6) is 0. The molecule has 0 aromatic carbocycles. The van der Waals surface area contributed by atoms with E-state index in [0.717, 1.165) is 31.5 Å². The number of likely N-dealkylation sites (N-methyl/N-ethyl adjacent to an activating group) is 1. The van der Waals surface area contributed by atoms with E-state index >= 15 is 0 Å². The molecule has 1 aliphatic rings. The second-order valence-corrected chi connectivity index (χ2v) is 4.14. The molecule has 2 heterocycles. The minimum atomic E-state index is 0.621. The zero-order chi connectivity index (χ0) is 8.55. The van der Waals surface area contributed by atoms with Crippen molar-refractivity contribution in [2.24, 2.45) is 0 Å². The minimum Gasteiger partial charge on any atom is -0.300 e. The highest BCUT2D eigenvalue weighted by atomic mass is 32.1. The third kappa shape index (κ3) is 1.28. The fourth-order valence-electron chi connectivity index (χ4n) is 1.40. The molecule has 0 radical (unpaired) electrons. The van der Waals surface area contributed by atoms with Crippen molar-refractivity contribution in [3.63, 3.8) is 0 Å². The summed E-state index contributed by atoms with van der Waals surface area (Å²) in [6.07, 6.45) is 1.88. The van der Waals surface area contributed by atoms with E-state index in [9.17, 15) is 4.79 Å². The largest absolute Gasteiger partial charge is 0.300 e. The van der Waals surface area contributed by atoms with Crippen LogP contribution in [0.3, 0.4) is 0 Å². The van der Waals surface area contributed by atoms with E-state index in [-0.39, 0.29) is 0 Å². The lowest BCUT2D eigenvalue weighted by Gasteiger charge is -2.20. The zero-order valence-corrected chi connectivity index (χ0v) is 7.73. The highest BCUT2D eigenvalue weighted by Gasteiger charge is 2.17. The molecule has 0 bridgehead atoms. The fourth-order valence-corrected chi connectivity index (χ4v) is 2.28. The van der Waals surface area contributed by atoms with Gasteiger partial charge in [-0.25, -0.2) is 4.98 Å². The molecule has 0 fully saturated rings. The molecule has 0 unspecified atom stereocenters. The first-order chi connectivity index (χ1) is 5.79. The Morgan fingerprint density at radius 2 is 2.50 bits per heavy atom. The molecule has 0 atom stereocenters. The summed E-state index contributed by atoms with van der Waals surface area (Å²) >= 11 is 1.53. The van der Waals surface area contributed by atoms with Crippen molar-refractivity contribution in [3.8, 4) is 0 Å². The molecule has 0 N–H and O–H groups in total. The third-order valence-corrected chi connectivity index (χ3v) is 3.12. The Kier molecular flexibility index (Phi) is 1.94. The topological polar surface area (TPSA) is 33.2 Å². The van der Waals surface area contributed by atoms with Crippen molar-refractivity contribution in [2.45, 2.75) is 13.0 Å². The Balaban J connectivity index is 2.34. The normalized spacial score (nSPS) is 17.4. The van der Waals surface area contributed by atoms with E-state index < -0.39 is 0 Å². The first-order valence-electron chi connectivity index (χ1n) is 3.92. The molecule has 1 aromatic rings. The summed E-state index contributed by atoms with van der Waals surface area (Å²) < 4.78 is 0. The summed E-state index contributed by atoms with van der Waals surface area (Å²) in [6.45, 7) is 1.97. The van der Waals surface area contributed by atoms with Gasteiger partial charge in [-0.3, -0.25) is 4.79 Å². The number of hydrogen-bond donors (Lipinski definition) is 0. The van der Waals surface area contributed by atoms with Crippen LogP contribution in [0.1, 0.15) is 20.4 Å². The van der Waals surface area contributed by atoms with Crippen molar-refractivity contribution >= 4 is 17.6 Å². The lowest BCUT2D eigenvalue weighted by molar-refractivity contribution is 0.112. The van der Waals surface area contributed by atoms with Crippen LogP contribution in [0.15, 0.2) is 0 Å². The summed E-state index contributed by atoms with van der Waals surface area (Å²) in [6, 6.07) is 0. The van der Waals surface area contributed by atoms with Crippen LogP contribution in [0.25, 0.3) is 0 Å². The van der Waals surface area contributed by atoms with Gasteiger partial charge in [0.25, 0.3) is 0 Å². The Hall–Kier alpha value is -0.740. The average Bonchev–Trinajstić information content (AvgIpc) is 2.46. The van der Waals surface area contributed by atoms with Crippen LogP contribution in [-0.4, -0.2) is 29.8 Å². The van der Waals surface area contributed by atoms with Gasteiger partial charge in [0.1, 0.15) is 0 Å². The van der Waals surface area contributed by atoms with Crippen molar-refractivity contribution in [1.29, 1.82) is 0 Å². The quantitative estimate of drug-likeness (QED) is 0.606. The molecule has 0 aliphatic carbocycles. The number of aromatic nitrogens is 1. The zero-order valence-electron chi connectivity index (χ0n) is 6.91. The number of nitrogens with zero attached hydrogens (tertiary/aromatic N) is 2. The van der Waals surface area contributed by atoms with Crippen LogP contribution < -0.4 is 0 Å². The van der Waals surface area contributed by atoms with Crippen molar-refractivity contribution in [2.75, 3.05) is 13.6 Å². The van der Waals surface area contributed by atoms with Gasteiger partial charge in [0, 0.05) is 18.0 Å². The van der Waals surface area contributed by atoms with Crippen LogP contribution in [0.5, 0.6) is 0 Å². The van der Waals surface area contributed by atoms with E-state index in [1.807, 2.05) is 0 Å². The van der Waals surface area contributed by atoms with Gasteiger partial charge in [-0.1, -0.05) is 0 Å². The van der Waals surface area contributed by atoms with E-state index in [0.29, 0.717) is 5.01 Å². The number of aldehydes is 1. The maximum Gasteiger partial charge on any atom is 0.178 e. The molecule has 3 nitrogen and oxygen atoms in total. The van der Waals surface area contributed by atoms with Crippen LogP contribution in [0.2, 0.25) is 0 Å². The highest BCUT2D eigenvalue weighted by Crippen LogP contribution is 2.22. The van der Waals surface area contributed by atoms with Gasteiger partial charge in [0.2, 0.25) is 0 Å². The van der Waals surface area contributed by atoms with Crippen LogP contribution in [0, 0.1) is 0 Å². The standard InChI is InChI=1S/C8H10N2OS/c1-10-3-2-7-6(4-10)9-8(5-11)12-7/h5H,2-4H2,1H3. The van der Waals surface area contributed by atoms with Crippen LogP contribution in [0.4, 0.5) is 0 Å². The molecule has 0 saturated heterocycles. The van der Waals surface area contributed by atoms with Gasteiger partial charge >= 0.3 is 0 Å². The van der Waals surface area contributed by atoms with Gasteiger partial charge in [-0.05, 0) is 13.5 Å². The molecule has 12 heavy (non-hydrogen) atoms. The highest BCUT2D eigenvalue weighted by molar-refractivity contribution is 7.13. The Bertz CT molecular complexity index is 308. The fraction of sp³-hybridized carbons (Fsp3) is 0.500. The smallest absolute Gasteiger partial charge is 0.178 e. The van der Waals surface area contributed by atoms with Gasteiger partial charge < -0.3 is 4.90 Å². The molecule has 64 valence electrons. The molecule has 0 saturated carbocycles. The maximum absolute atomic E-state index is 10.4. The molecule has 0 spiro atoms. The van der Waals surface area contributed by atoms with Crippen LogP contribution >= 0.6 is 11.3 Å². The summed E-state index contributed by atoms with van der Waals surface area (Å²) in [4.78, 5) is 18.2. The molecular weight excluding hydrogens is 172 g/mol. The summed E-state index contributed by atoms with van der Waals surface area (Å²) in [7, 11) is 2.07. The Morgan fingerprint density at radius 1 is 1.67 bits per heavy atom. The number of carbonyl (C=O) groups is 1. The lowest BCUT2D eigenvalue weighted by atomic mass is 10.2. The van der Waals surface area contributed by atoms with Crippen molar-refractivity contribution in [1.82, 2.24) is 9.88 Å². The first-order valence-corrected chi connectivity index (χ1v) is 4.73. The molecule has 4 heteroatoms. The van der Waals surface area contributed by atoms with E-state index in [4.69, 9.17) is 0 Å². The summed E-state index contributed by atoms with van der Waals surface area (Å²) in [5.41, 5.74) is 1.09. The van der Waals surface area contributed by atoms with Crippen LogP contribution in [-0.2, 0) is 13.0 Å². The van der Waals surface area contributed by atoms with Gasteiger partial charge in [-0.2, -0.15) is 0 Å². The number of carbonyl (C=O) groups excluding carboxylic acids is 1. The first kappa shape index (κ1) is 7.89. The lowest BCUT2D eigenvalue weighted by Crippen LogP contribution is -2.25. The van der Waals surface area contributed by atoms with Gasteiger partial charge in [-0.15, -0.1) is 11.3 Å². The monoisotopic (exact) mass is 182 g/mol. The molecule has 1 aromatic heterocycles. The molecule has 0 amide bonds. The second-order valence-electron chi connectivity index (χ2n) is 3.03. The Labute approximate surface area is 75.0 Å². The number of hydrogen-bond acceptors (Lipinski definition) is 4. The third-order valence-electron chi connectivity index (χ3n) is 2.04. The molecule has 1 aliphatic heterocycles. The van der Waals surface area contributed by atoms with E-state index in [1.54, 1.807) is 0 Å². The molecular formula is C8H10N2OS. The number of rotatable bonds is 1. The number of fused-ring (bicyclic) bond motifs is 1. The van der Waals surface area contributed by atoms with Gasteiger partial charge in [0.15, 0.2) is 11.3 Å². The molecule has 2 rings (SSSR count). The number of thiazole rings is 1. The van der Waals surface area contributed by atoms with E-state index in [2.05, 4.69) is 16.9 Å². The average molecular weight is 182 g/mol. The maximum atomic E-state index is 10.4.